The highest BCUT2D eigenvalue weighted by atomic mass is 16.5. The Labute approximate surface area is 144 Å². The van der Waals surface area contributed by atoms with Gasteiger partial charge in [0.2, 0.25) is 0 Å². The van der Waals surface area contributed by atoms with Gasteiger partial charge in [0.05, 0.1) is 29.6 Å². The lowest BCUT2D eigenvalue weighted by Crippen LogP contribution is -2.54. The van der Waals surface area contributed by atoms with Crippen LogP contribution in [0.4, 0.5) is 10.5 Å². The fourth-order valence-corrected chi connectivity index (χ4v) is 4.08. The van der Waals surface area contributed by atoms with E-state index in [0.29, 0.717) is 19.0 Å². The van der Waals surface area contributed by atoms with Crippen molar-refractivity contribution in [1.29, 1.82) is 0 Å². The number of morpholine rings is 1. The van der Waals surface area contributed by atoms with E-state index in [0.717, 1.165) is 11.4 Å². The van der Waals surface area contributed by atoms with Crippen LogP contribution in [0.25, 0.3) is 0 Å². The highest BCUT2D eigenvalue weighted by Crippen LogP contribution is 2.35. The van der Waals surface area contributed by atoms with Gasteiger partial charge in [-0.15, -0.1) is 0 Å². The van der Waals surface area contributed by atoms with Crippen LogP contribution in [0, 0.1) is 0 Å². The second-order valence-electron chi connectivity index (χ2n) is 7.94. The summed E-state index contributed by atoms with van der Waals surface area (Å²) in [7, 11) is 1.92. The van der Waals surface area contributed by atoms with Crippen molar-refractivity contribution in [3.05, 3.63) is 11.9 Å². The minimum atomic E-state index is -0.309. The average Bonchev–Trinajstić information content (AvgIpc) is 2.86. The van der Waals surface area contributed by atoms with Gasteiger partial charge in [0.15, 0.2) is 0 Å². The van der Waals surface area contributed by atoms with Gasteiger partial charge >= 0.3 is 6.03 Å². The highest BCUT2D eigenvalue weighted by Gasteiger charge is 2.34. The van der Waals surface area contributed by atoms with Crippen molar-refractivity contribution < 1.29 is 9.53 Å². The van der Waals surface area contributed by atoms with Crippen molar-refractivity contribution in [2.45, 2.75) is 70.5 Å². The summed E-state index contributed by atoms with van der Waals surface area (Å²) in [5, 5.41) is 7.74. The maximum Gasteiger partial charge on any atom is 0.322 e. The Morgan fingerprint density at radius 1 is 1.33 bits per heavy atom. The third kappa shape index (κ3) is 3.91. The molecule has 2 amide bonds. The SMILES string of the molecule is CC1CN(C(=O)Nc2cn(C)nc2C2CCCCC2)CC(C)(C)O1. The predicted molar refractivity (Wildman–Crippen MR) is 94.3 cm³/mol. The van der Waals surface area contributed by atoms with E-state index in [1.54, 1.807) is 0 Å². The van der Waals surface area contributed by atoms with Crippen LogP contribution < -0.4 is 5.32 Å². The summed E-state index contributed by atoms with van der Waals surface area (Å²) in [5.41, 5.74) is 1.60. The molecule has 1 N–H and O–H groups in total. The van der Waals surface area contributed by atoms with Gasteiger partial charge in [-0.25, -0.2) is 4.79 Å². The number of hydrogen-bond donors (Lipinski definition) is 1. The number of urea groups is 1. The van der Waals surface area contributed by atoms with Crippen LogP contribution in [0.5, 0.6) is 0 Å². The van der Waals surface area contributed by atoms with E-state index in [4.69, 9.17) is 4.74 Å². The summed E-state index contributed by atoms with van der Waals surface area (Å²) < 4.78 is 7.70. The Kier molecular flexibility index (Phi) is 4.85. The zero-order valence-electron chi connectivity index (χ0n) is 15.3. The fourth-order valence-electron chi connectivity index (χ4n) is 4.08. The molecule has 1 atom stereocenters. The minimum absolute atomic E-state index is 0.0474. The maximum atomic E-state index is 12.8. The van der Waals surface area contributed by atoms with Gasteiger partial charge < -0.3 is 15.0 Å². The van der Waals surface area contributed by atoms with Crippen molar-refractivity contribution in [1.82, 2.24) is 14.7 Å². The number of aromatic nitrogens is 2. The molecule has 6 heteroatoms. The highest BCUT2D eigenvalue weighted by molar-refractivity contribution is 5.90. The topological polar surface area (TPSA) is 59.4 Å². The Morgan fingerprint density at radius 2 is 2.04 bits per heavy atom. The van der Waals surface area contributed by atoms with Crippen LogP contribution >= 0.6 is 0 Å². The summed E-state index contributed by atoms with van der Waals surface area (Å²) in [6, 6.07) is -0.0525. The summed E-state index contributed by atoms with van der Waals surface area (Å²) in [5.74, 6) is 0.468. The van der Waals surface area contributed by atoms with Gasteiger partial charge in [0.25, 0.3) is 0 Å². The molecule has 2 aliphatic rings. The number of hydrogen-bond acceptors (Lipinski definition) is 3. The first-order valence-corrected chi connectivity index (χ1v) is 9.11. The van der Waals surface area contributed by atoms with Crippen LogP contribution in [0.15, 0.2) is 6.20 Å². The lowest BCUT2D eigenvalue weighted by molar-refractivity contribution is -0.116. The molecule has 24 heavy (non-hydrogen) atoms. The second-order valence-corrected chi connectivity index (χ2v) is 7.94. The summed E-state index contributed by atoms with van der Waals surface area (Å²) in [6.45, 7) is 7.29. The molecular weight excluding hydrogens is 304 g/mol. The molecule has 1 saturated heterocycles. The molecule has 0 aromatic carbocycles. The van der Waals surface area contributed by atoms with Crippen LogP contribution in [-0.4, -0.2) is 45.5 Å². The Morgan fingerprint density at radius 3 is 2.71 bits per heavy atom. The van der Waals surface area contributed by atoms with Crippen LogP contribution in [-0.2, 0) is 11.8 Å². The third-order valence-electron chi connectivity index (χ3n) is 4.95. The minimum Gasteiger partial charge on any atom is -0.369 e. The summed E-state index contributed by atoms with van der Waals surface area (Å²) in [6.07, 6.45) is 8.13. The largest absolute Gasteiger partial charge is 0.369 e. The molecule has 2 fully saturated rings. The van der Waals surface area contributed by atoms with Gasteiger partial charge in [-0.2, -0.15) is 5.10 Å². The number of ether oxygens (including phenoxy) is 1. The summed E-state index contributed by atoms with van der Waals surface area (Å²) in [4.78, 5) is 14.6. The molecule has 2 heterocycles. The molecule has 1 aliphatic carbocycles. The fraction of sp³-hybridized carbons (Fsp3) is 0.778. The number of aryl methyl sites for hydroxylation is 1. The molecule has 0 spiro atoms. The number of rotatable bonds is 2. The lowest BCUT2D eigenvalue weighted by Gasteiger charge is -2.41. The molecule has 1 aromatic rings. The first-order valence-electron chi connectivity index (χ1n) is 9.11. The third-order valence-corrected chi connectivity index (χ3v) is 4.95. The zero-order valence-corrected chi connectivity index (χ0v) is 15.3. The molecule has 1 aliphatic heterocycles. The van der Waals surface area contributed by atoms with Gasteiger partial charge in [-0.1, -0.05) is 19.3 Å². The van der Waals surface area contributed by atoms with Crippen molar-refractivity contribution in [3.63, 3.8) is 0 Å². The number of nitrogens with one attached hydrogen (secondary N) is 1. The monoisotopic (exact) mass is 334 g/mol. The number of nitrogens with zero attached hydrogens (tertiary/aromatic N) is 3. The van der Waals surface area contributed by atoms with Crippen LogP contribution in [0.1, 0.15) is 64.5 Å². The van der Waals surface area contributed by atoms with Gasteiger partial charge in [-0.3, -0.25) is 4.68 Å². The van der Waals surface area contributed by atoms with Crippen LogP contribution in [0.2, 0.25) is 0 Å². The van der Waals surface area contributed by atoms with Crippen LogP contribution in [0.3, 0.4) is 0 Å². The Hall–Kier alpha value is -1.56. The quantitative estimate of drug-likeness (QED) is 0.900. The first kappa shape index (κ1) is 17.3. The molecule has 1 unspecified atom stereocenters. The van der Waals surface area contributed by atoms with Gasteiger partial charge in [0.1, 0.15) is 0 Å². The number of carbonyl (C=O) groups is 1. The lowest BCUT2D eigenvalue weighted by atomic mass is 9.86. The molecule has 134 valence electrons. The smallest absolute Gasteiger partial charge is 0.322 e. The van der Waals surface area contributed by atoms with Crippen molar-refractivity contribution in [2.75, 3.05) is 18.4 Å². The van der Waals surface area contributed by atoms with Gasteiger partial charge in [0, 0.05) is 25.7 Å². The number of amides is 2. The van der Waals surface area contributed by atoms with E-state index in [1.165, 1.54) is 32.1 Å². The standard InChI is InChI=1S/C18H30N4O2/c1-13-10-22(12-18(2,3)24-13)17(23)19-15-11-21(4)20-16(15)14-8-6-5-7-9-14/h11,13-14H,5-10,12H2,1-4H3,(H,19,23). The Bertz CT molecular complexity index is 590. The van der Waals surface area contributed by atoms with E-state index < -0.39 is 0 Å². The molecule has 1 aromatic heterocycles. The first-order chi connectivity index (χ1) is 11.3. The summed E-state index contributed by atoms with van der Waals surface area (Å²) >= 11 is 0. The molecule has 0 bridgehead atoms. The van der Waals surface area contributed by atoms with Crippen molar-refractivity contribution in [2.24, 2.45) is 7.05 Å². The van der Waals surface area contributed by atoms with Crippen molar-refractivity contribution >= 4 is 11.7 Å². The molecular formula is C18H30N4O2. The predicted octanol–water partition coefficient (Wildman–Crippen LogP) is 3.50. The molecule has 6 nitrogen and oxygen atoms in total. The molecule has 0 radical (unpaired) electrons. The molecule has 3 rings (SSSR count). The van der Waals surface area contributed by atoms with E-state index in [1.807, 2.05) is 43.6 Å². The molecule has 1 saturated carbocycles. The number of carbonyl (C=O) groups excluding carboxylic acids is 1. The van der Waals surface area contributed by atoms with E-state index >= 15 is 0 Å². The zero-order chi connectivity index (χ0) is 17.3. The van der Waals surface area contributed by atoms with Crippen molar-refractivity contribution in [3.8, 4) is 0 Å². The maximum absolute atomic E-state index is 12.8. The van der Waals surface area contributed by atoms with Gasteiger partial charge in [-0.05, 0) is 33.6 Å². The van der Waals surface area contributed by atoms with E-state index in [-0.39, 0.29) is 17.7 Å². The second kappa shape index (κ2) is 6.75. The average molecular weight is 334 g/mol. The normalized spacial score (nSPS) is 24.8. The Balaban J connectivity index is 1.72. The number of anilines is 1. The van der Waals surface area contributed by atoms with E-state index in [2.05, 4.69) is 10.4 Å². The van der Waals surface area contributed by atoms with E-state index in [9.17, 15) is 4.79 Å².